The highest BCUT2D eigenvalue weighted by Gasteiger charge is 2.17. The minimum atomic E-state index is -0.345. The molecule has 6 heteroatoms. The number of benzene rings is 2. The quantitative estimate of drug-likeness (QED) is 0.591. The van der Waals surface area contributed by atoms with E-state index in [-0.39, 0.29) is 11.4 Å². The summed E-state index contributed by atoms with van der Waals surface area (Å²) in [7, 11) is 2.01. The van der Waals surface area contributed by atoms with Crippen LogP contribution >= 0.6 is 0 Å². The van der Waals surface area contributed by atoms with Crippen LogP contribution in [0.5, 0.6) is 0 Å². The molecule has 1 atom stereocenters. The summed E-state index contributed by atoms with van der Waals surface area (Å²) >= 11 is 0. The van der Waals surface area contributed by atoms with E-state index < -0.39 is 0 Å². The SMILES string of the molecule is C[NH+](Cc1ccco1)Cc1nc2ccccc2c(=O)n1-c1ccc(F)cc1. The summed E-state index contributed by atoms with van der Waals surface area (Å²) in [6.07, 6.45) is 1.64. The normalized spacial score (nSPS) is 12.4. The molecule has 0 aliphatic rings. The van der Waals surface area contributed by atoms with Crippen LogP contribution < -0.4 is 10.5 Å². The molecule has 0 amide bonds. The molecule has 0 spiro atoms. The fourth-order valence-electron chi connectivity index (χ4n) is 3.20. The largest absolute Gasteiger partial charge is 0.463 e. The lowest BCUT2D eigenvalue weighted by Crippen LogP contribution is -3.06. The zero-order chi connectivity index (χ0) is 18.8. The highest BCUT2D eigenvalue weighted by molar-refractivity contribution is 5.77. The standard InChI is InChI=1S/C21H18FN3O2/c1-24(13-17-5-4-12-27-17)14-20-23-19-7-3-2-6-18(19)21(26)25(20)16-10-8-15(22)9-11-16/h2-12H,13-14H2,1H3/p+1. The third-order valence-corrected chi connectivity index (χ3v) is 4.45. The van der Waals surface area contributed by atoms with E-state index in [4.69, 9.17) is 9.40 Å². The van der Waals surface area contributed by atoms with Crippen LogP contribution in [0.25, 0.3) is 16.6 Å². The van der Waals surface area contributed by atoms with E-state index in [2.05, 4.69) is 0 Å². The summed E-state index contributed by atoms with van der Waals surface area (Å²) in [5, 5.41) is 0.536. The van der Waals surface area contributed by atoms with Gasteiger partial charge in [-0.25, -0.2) is 9.37 Å². The second kappa shape index (κ2) is 7.17. The van der Waals surface area contributed by atoms with Crippen molar-refractivity contribution in [2.45, 2.75) is 13.1 Å². The lowest BCUT2D eigenvalue weighted by atomic mass is 10.2. The minimum absolute atomic E-state index is 0.159. The number of nitrogens with zero attached hydrogens (tertiary/aromatic N) is 2. The lowest BCUT2D eigenvalue weighted by molar-refractivity contribution is -0.909. The Balaban J connectivity index is 1.80. The van der Waals surface area contributed by atoms with Crippen molar-refractivity contribution in [2.75, 3.05) is 7.05 Å². The van der Waals surface area contributed by atoms with Crippen LogP contribution in [0.1, 0.15) is 11.6 Å². The predicted octanol–water partition coefficient (Wildman–Crippen LogP) is 2.33. The monoisotopic (exact) mass is 364 g/mol. The summed E-state index contributed by atoms with van der Waals surface area (Å²) in [4.78, 5) is 19.0. The second-order valence-corrected chi connectivity index (χ2v) is 6.55. The van der Waals surface area contributed by atoms with E-state index in [0.717, 1.165) is 10.7 Å². The molecule has 2 aromatic heterocycles. The van der Waals surface area contributed by atoms with Crippen LogP contribution in [0, 0.1) is 5.82 Å². The molecule has 0 saturated carbocycles. The average Bonchev–Trinajstić information content (AvgIpc) is 3.16. The van der Waals surface area contributed by atoms with Gasteiger partial charge in [-0.15, -0.1) is 0 Å². The number of para-hydroxylation sites is 1. The third kappa shape index (κ3) is 3.52. The molecular formula is C21H19FN3O2+. The first-order chi connectivity index (χ1) is 13.1. The van der Waals surface area contributed by atoms with Crippen LogP contribution in [0.2, 0.25) is 0 Å². The Morgan fingerprint density at radius 3 is 2.56 bits per heavy atom. The first-order valence-corrected chi connectivity index (χ1v) is 8.72. The number of nitrogens with one attached hydrogen (secondary N) is 1. The van der Waals surface area contributed by atoms with Crippen molar-refractivity contribution in [2.24, 2.45) is 0 Å². The maximum absolute atomic E-state index is 13.4. The molecule has 4 aromatic rings. The number of halogens is 1. The number of aromatic nitrogens is 2. The van der Waals surface area contributed by atoms with Crippen molar-refractivity contribution >= 4 is 10.9 Å². The highest BCUT2D eigenvalue weighted by Crippen LogP contribution is 2.13. The summed E-state index contributed by atoms with van der Waals surface area (Å²) < 4.78 is 20.3. The summed E-state index contributed by atoms with van der Waals surface area (Å²) in [5.74, 6) is 1.14. The van der Waals surface area contributed by atoms with Crippen molar-refractivity contribution in [1.82, 2.24) is 9.55 Å². The topological polar surface area (TPSA) is 52.5 Å². The van der Waals surface area contributed by atoms with Gasteiger partial charge in [-0.1, -0.05) is 12.1 Å². The van der Waals surface area contributed by atoms with Crippen LogP contribution in [0.15, 0.2) is 76.1 Å². The molecule has 0 aliphatic heterocycles. The summed E-state index contributed by atoms with van der Waals surface area (Å²) in [5.41, 5.74) is 1.09. The fourth-order valence-corrected chi connectivity index (χ4v) is 3.20. The van der Waals surface area contributed by atoms with E-state index in [0.29, 0.717) is 35.5 Å². The van der Waals surface area contributed by atoms with E-state index >= 15 is 0 Å². The van der Waals surface area contributed by atoms with Gasteiger partial charge in [0.1, 0.15) is 18.9 Å². The van der Waals surface area contributed by atoms with Gasteiger partial charge in [0, 0.05) is 0 Å². The molecular weight excluding hydrogens is 345 g/mol. The van der Waals surface area contributed by atoms with Crippen LogP contribution in [0.4, 0.5) is 4.39 Å². The minimum Gasteiger partial charge on any atom is -0.463 e. The number of hydrogen-bond donors (Lipinski definition) is 1. The third-order valence-electron chi connectivity index (χ3n) is 4.45. The molecule has 0 fully saturated rings. The predicted molar refractivity (Wildman–Crippen MR) is 100 cm³/mol. The molecule has 1 unspecified atom stereocenters. The summed E-state index contributed by atoms with van der Waals surface area (Å²) in [6, 6.07) is 16.9. The Labute approximate surface area is 155 Å². The van der Waals surface area contributed by atoms with Gasteiger partial charge in [0.2, 0.25) is 0 Å². The van der Waals surface area contributed by atoms with E-state index in [1.165, 1.54) is 12.1 Å². The van der Waals surface area contributed by atoms with Gasteiger partial charge in [0.05, 0.1) is 29.9 Å². The zero-order valence-corrected chi connectivity index (χ0v) is 14.9. The second-order valence-electron chi connectivity index (χ2n) is 6.55. The molecule has 27 heavy (non-hydrogen) atoms. The Kier molecular flexibility index (Phi) is 4.56. The van der Waals surface area contributed by atoms with Crippen LogP contribution in [0.3, 0.4) is 0 Å². The summed E-state index contributed by atoms with van der Waals surface area (Å²) in [6.45, 7) is 1.18. The fraction of sp³-hybridized carbons (Fsp3) is 0.143. The van der Waals surface area contributed by atoms with Crippen molar-refractivity contribution in [1.29, 1.82) is 0 Å². The maximum atomic E-state index is 13.4. The van der Waals surface area contributed by atoms with Gasteiger partial charge in [0.15, 0.2) is 11.6 Å². The van der Waals surface area contributed by atoms with E-state index in [9.17, 15) is 9.18 Å². The smallest absolute Gasteiger partial charge is 0.266 e. The molecule has 2 aromatic carbocycles. The van der Waals surface area contributed by atoms with Gasteiger partial charge in [-0.3, -0.25) is 9.36 Å². The number of quaternary nitrogens is 1. The molecule has 5 nitrogen and oxygen atoms in total. The van der Waals surface area contributed by atoms with E-state index in [1.807, 2.05) is 37.4 Å². The average molecular weight is 364 g/mol. The molecule has 136 valence electrons. The molecule has 0 aliphatic carbocycles. The van der Waals surface area contributed by atoms with Crippen molar-refractivity contribution in [3.8, 4) is 5.69 Å². The first kappa shape index (κ1) is 17.2. The van der Waals surface area contributed by atoms with Gasteiger partial charge in [-0.2, -0.15) is 0 Å². The molecule has 4 rings (SSSR count). The van der Waals surface area contributed by atoms with Crippen molar-refractivity contribution in [3.63, 3.8) is 0 Å². The Morgan fingerprint density at radius 2 is 1.81 bits per heavy atom. The van der Waals surface area contributed by atoms with Crippen LogP contribution in [-0.2, 0) is 13.1 Å². The molecule has 2 heterocycles. The molecule has 0 bridgehead atoms. The molecule has 0 radical (unpaired) electrons. The highest BCUT2D eigenvalue weighted by atomic mass is 19.1. The molecule has 0 saturated heterocycles. The van der Waals surface area contributed by atoms with Gasteiger partial charge in [0.25, 0.3) is 5.56 Å². The van der Waals surface area contributed by atoms with Gasteiger partial charge >= 0.3 is 0 Å². The number of furan rings is 1. The molecule has 1 N–H and O–H groups in total. The van der Waals surface area contributed by atoms with E-state index in [1.54, 1.807) is 29.0 Å². The van der Waals surface area contributed by atoms with Crippen LogP contribution in [-0.4, -0.2) is 16.6 Å². The van der Waals surface area contributed by atoms with Crippen molar-refractivity contribution < 1.29 is 13.7 Å². The van der Waals surface area contributed by atoms with Gasteiger partial charge < -0.3 is 9.32 Å². The Morgan fingerprint density at radius 1 is 1.04 bits per heavy atom. The van der Waals surface area contributed by atoms with Gasteiger partial charge in [-0.05, 0) is 48.5 Å². The Hall–Kier alpha value is -3.25. The lowest BCUT2D eigenvalue weighted by Gasteiger charge is -2.17. The zero-order valence-electron chi connectivity index (χ0n) is 14.9. The van der Waals surface area contributed by atoms with Crippen molar-refractivity contribution in [3.05, 3.63) is 94.7 Å². The maximum Gasteiger partial charge on any atom is 0.266 e. The number of rotatable bonds is 5. The first-order valence-electron chi connectivity index (χ1n) is 8.72. The number of fused-ring (bicyclic) bond motifs is 1. The number of hydrogen-bond acceptors (Lipinski definition) is 3. The Bertz CT molecular complexity index is 1120.